The first-order chi connectivity index (χ1) is 9.49. The van der Waals surface area contributed by atoms with Gasteiger partial charge in [-0.25, -0.2) is 0 Å². The standard InChI is InChI=1S/C13H15Cl2N3O2/c1-18(7-8-3-2-4-9(14)12(8)15)13(20)10-5-17-11(19)6-16-10/h2-4,10,16H,5-7H2,1H3,(H,17,19). The second kappa shape index (κ2) is 6.43. The molecule has 2 amide bonds. The highest BCUT2D eigenvalue weighted by molar-refractivity contribution is 6.42. The van der Waals surface area contributed by atoms with Gasteiger partial charge in [0.2, 0.25) is 11.8 Å². The Kier molecular flexibility index (Phi) is 4.86. The molecular formula is C13H15Cl2N3O2. The lowest BCUT2D eigenvalue weighted by molar-refractivity contribution is -0.134. The molecular weight excluding hydrogens is 301 g/mol. The van der Waals surface area contributed by atoms with E-state index in [2.05, 4.69) is 10.6 Å². The minimum Gasteiger partial charge on any atom is -0.353 e. The topological polar surface area (TPSA) is 61.4 Å². The van der Waals surface area contributed by atoms with E-state index in [9.17, 15) is 9.59 Å². The third-order valence-electron chi connectivity index (χ3n) is 3.13. The monoisotopic (exact) mass is 315 g/mol. The molecule has 0 spiro atoms. The molecule has 0 bridgehead atoms. The third kappa shape index (κ3) is 3.42. The highest BCUT2D eigenvalue weighted by Crippen LogP contribution is 2.26. The van der Waals surface area contributed by atoms with Gasteiger partial charge in [-0.2, -0.15) is 0 Å². The van der Waals surface area contributed by atoms with Crippen LogP contribution in [0.5, 0.6) is 0 Å². The molecule has 108 valence electrons. The summed E-state index contributed by atoms with van der Waals surface area (Å²) < 4.78 is 0. The minimum atomic E-state index is -0.407. The largest absolute Gasteiger partial charge is 0.353 e. The number of amides is 2. The molecule has 20 heavy (non-hydrogen) atoms. The number of halogens is 2. The van der Waals surface area contributed by atoms with Crippen LogP contribution in [0.25, 0.3) is 0 Å². The predicted molar refractivity (Wildman–Crippen MR) is 77.7 cm³/mol. The maximum Gasteiger partial charge on any atom is 0.241 e. The molecule has 1 atom stereocenters. The smallest absolute Gasteiger partial charge is 0.241 e. The van der Waals surface area contributed by atoms with Crippen LogP contribution in [0.3, 0.4) is 0 Å². The van der Waals surface area contributed by atoms with Crippen molar-refractivity contribution in [3.05, 3.63) is 33.8 Å². The Balaban J connectivity index is 2.00. The molecule has 1 unspecified atom stereocenters. The Bertz CT molecular complexity index is 526. The molecule has 0 aliphatic carbocycles. The Morgan fingerprint density at radius 1 is 1.45 bits per heavy atom. The molecule has 0 aromatic heterocycles. The van der Waals surface area contributed by atoms with E-state index in [-0.39, 0.29) is 18.4 Å². The molecule has 7 heteroatoms. The van der Waals surface area contributed by atoms with Gasteiger partial charge in [-0.1, -0.05) is 35.3 Å². The van der Waals surface area contributed by atoms with Crippen molar-refractivity contribution in [3.63, 3.8) is 0 Å². The normalized spacial score (nSPS) is 18.6. The minimum absolute atomic E-state index is 0.0963. The van der Waals surface area contributed by atoms with E-state index in [0.29, 0.717) is 23.1 Å². The number of nitrogens with zero attached hydrogens (tertiary/aromatic N) is 1. The Morgan fingerprint density at radius 2 is 2.20 bits per heavy atom. The van der Waals surface area contributed by atoms with E-state index in [1.165, 1.54) is 0 Å². The molecule has 1 heterocycles. The molecule has 1 saturated heterocycles. The SMILES string of the molecule is CN(Cc1cccc(Cl)c1Cl)C(=O)C1CNC(=O)CN1. The number of carbonyl (C=O) groups is 2. The fraction of sp³-hybridized carbons (Fsp3) is 0.385. The Hall–Kier alpha value is -1.30. The number of hydrogen-bond donors (Lipinski definition) is 2. The maximum atomic E-state index is 12.2. The third-order valence-corrected chi connectivity index (χ3v) is 3.98. The van der Waals surface area contributed by atoms with E-state index >= 15 is 0 Å². The van der Waals surface area contributed by atoms with Crippen LogP contribution < -0.4 is 10.6 Å². The number of nitrogens with one attached hydrogen (secondary N) is 2. The zero-order chi connectivity index (χ0) is 14.7. The molecule has 0 radical (unpaired) electrons. The van der Waals surface area contributed by atoms with Gasteiger partial charge in [-0.15, -0.1) is 0 Å². The van der Waals surface area contributed by atoms with Crippen LogP contribution in [0, 0.1) is 0 Å². The first kappa shape index (κ1) is 15.1. The number of benzene rings is 1. The van der Waals surface area contributed by atoms with Crippen molar-refractivity contribution in [1.29, 1.82) is 0 Å². The van der Waals surface area contributed by atoms with Crippen molar-refractivity contribution in [2.24, 2.45) is 0 Å². The van der Waals surface area contributed by atoms with Gasteiger partial charge in [0, 0.05) is 20.1 Å². The number of piperazine rings is 1. The molecule has 1 aliphatic rings. The van der Waals surface area contributed by atoms with Gasteiger partial charge in [0.15, 0.2) is 0 Å². The molecule has 0 saturated carbocycles. The van der Waals surface area contributed by atoms with Crippen LogP contribution in [0.1, 0.15) is 5.56 Å². The average Bonchev–Trinajstić information content (AvgIpc) is 2.44. The molecule has 1 fully saturated rings. The zero-order valence-corrected chi connectivity index (χ0v) is 12.5. The first-order valence-electron chi connectivity index (χ1n) is 6.17. The Labute approximate surface area is 127 Å². The fourth-order valence-electron chi connectivity index (χ4n) is 2.01. The van der Waals surface area contributed by atoms with E-state index in [4.69, 9.17) is 23.2 Å². The molecule has 2 N–H and O–H groups in total. The number of carbonyl (C=O) groups excluding carboxylic acids is 2. The average molecular weight is 316 g/mol. The van der Waals surface area contributed by atoms with Crippen molar-refractivity contribution >= 4 is 35.0 Å². The summed E-state index contributed by atoms with van der Waals surface area (Å²) in [7, 11) is 1.69. The van der Waals surface area contributed by atoms with Crippen molar-refractivity contribution in [1.82, 2.24) is 15.5 Å². The van der Waals surface area contributed by atoms with Gasteiger partial charge >= 0.3 is 0 Å². The van der Waals surface area contributed by atoms with E-state index in [0.717, 1.165) is 5.56 Å². The van der Waals surface area contributed by atoms with E-state index < -0.39 is 6.04 Å². The summed E-state index contributed by atoms with van der Waals surface area (Å²) in [6.45, 7) is 0.817. The van der Waals surface area contributed by atoms with Crippen LogP contribution in [-0.2, 0) is 16.1 Å². The van der Waals surface area contributed by atoms with E-state index in [1.807, 2.05) is 6.07 Å². The fourth-order valence-corrected chi connectivity index (χ4v) is 2.39. The number of rotatable bonds is 3. The lowest BCUT2D eigenvalue weighted by Gasteiger charge is -2.28. The van der Waals surface area contributed by atoms with Crippen LogP contribution in [0.15, 0.2) is 18.2 Å². The van der Waals surface area contributed by atoms with Crippen molar-refractivity contribution < 1.29 is 9.59 Å². The summed E-state index contributed by atoms with van der Waals surface area (Å²) in [5.74, 6) is -0.198. The molecule has 2 rings (SSSR count). The van der Waals surface area contributed by atoms with Gasteiger partial charge in [0.1, 0.15) is 6.04 Å². The van der Waals surface area contributed by atoms with Crippen LogP contribution in [-0.4, -0.2) is 42.9 Å². The highest BCUT2D eigenvalue weighted by Gasteiger charge is 2.26. The van der Waals surface area contributed by atoms with Gasteiger partial charge in [-0.3, -0.25) is 14.9 Å². The maximum absolute atomic E-state index is 12.2. The molecule has 1 aromatic carbocycles. The number of likely N-dealkylation sites (N-methyl/N-ethyl adjacent to an activating group) is 1. The van der Waals surface area contributed by atoms with Gasteiger partial charge in [0.25, 0.3) is 0 Å². The zero-order valence-electron chi connectivity index (χ0n) is 11.0. The summed E-state index contributed by atoms with van der Waals surface area (Å²) in [6, 6.07) is 4.92. The van der Waals surface area contributed by atoms with Crippen LogP contribution in [0.4, 0.5) is 0 Å². The highest BCUT2D eigenvalue weighted by atomic mass is 35.5. The predicted octanol–water partition coefficient (Wildman–Crippen LogP) is 1.04. The van der Waals surface area contributed by atoms with Crippen LogP contribution >= 0.6 is 23.2 Å². The van der Waals surface area contributed by atoms with Crippen LogP contribution in [0.2, 0.25) is 10.0 Å². The molecule has 1 aromatic rings. The molecule has 1 aliphatic heterocycles. The second-order valence-electron chi connectivity index (χ2n) is 4.64. The lowest BCUT2D eigenvalue weighted by atomic mass is 10.1. The summed E-state index contributed by atoms with van der Waals surface area (Å²) in [4.78, 5) is 24.8. The summed E-state index contributed by atoms with van der Waals surface area (Å²) >= 11 is 12.1. The van der Waals surface area contributed by atoms with Gasteiger partial charge in [-0.05, 0) is 11.6 Å². The second-order valence-corrected chi connectivity index (χ2v) is 5.43. The summed E-state index contributed by atoms with van der Waals surface area (Å²) in [5.41, 5.74) is 0.787. The summed E-state index contributed by atoms with van der Waals surface area (Å²) in [6.07, 6.45) is 0. The van der Waals surface area contributed by atoms with Crippen molar-refractivity contribution in [2.45, 2.75) is 12.6 Å². The van der Waals surface area contributed by atoms with Crippen molar-refractivity contribution in [2.75, 3.05) is 20.1 Å². The Morgan fingerprint density at radius 3 is 2.85 bits per heavy atom. The van der Waals surface area contributed by atoms with Gasteiger partial charge in [0.05, 0.1) is 16.6 Å². The van der Waals surface area contributed by atoms with E-state index in [1.54, 1.807) is 24.1 Å². The first-order valence-corrected chi connectivity index (χ1v) is 6.92. The lowest BCUT2D eigenvalue weighted by Crippen LogP contribution is -2.58. The quantitative estimate of drug-likeness (QED) is 0.876. The summed E-state index contributed by atoms with van der Waals surface area (Å²) in [5, 5.41) is 6.48. The van der Waals surface area contributed by atoms with Crippen molar-refractivity contribution in [3.8, 4) is 0 Å². The number of hydrogen-bond acceptors (Lipinski definition) is 3. The van der Waals surface area contributed by atoms with Gasteiger partial charge < -0.3 is 10.2 Å². The molecule has 5 nitrogen and oxygen atoms in total.